The van der Waals surface area contributed by atoms with E-state index >= 15 is 0 Å². The predicted molar refractivity (Wildman–Crippen MR) is 97.2 cm³/mol. The van der Waals surface area contributed by atoms with Crippen LogP contribution in [0.4, 0.5) is 5.69 Å². The van der Waals surface area contributed by atoms with Crippen molar-refractivity contribution in [3.8, 4) is 0 Å². The quantitative estimate of drug-likeness (QED) is 0.820. The average Bonchev–Trinajstić information content (AvgIpc) is 3.41. The Morgan fingerprint density at radius 2 is 2.04 bits per heavy atom. The van der Waals surface area contributed by atoms with Crippen LogP contribution < -0.4 is 4.90 Å². The molecule has 1 unspecified atom stereocenters. The van der Waals surface area contributed by atoms with E-state index in [-0.39, 0.29) is 11.9 Å². The van der Waals surface area contributed by atoms with Gasteiger partial charge < -0.3 is 4.90 Å². The molecule has 0 bridgehead atoms. The first-order chi connectivity index (χ1) is 12.7. The Labute approximate surface area is 151 Å². The Morgan fingerprint density at radius 1 is 1.19 bits per heavy atom. The molecule has 26 heavy (non-hydrogen) atoms. The average molecular weight is 351 g/mol. The van der Waals surface area contributed by atoms with E-state index in [9.17, 15) is 4.79 Å². The lowest BCUT2D eigenvalue weighted by Gasteiger charge is -2.23. The molecule has 8 nitrogen and oxygen atoms in total. The molecule has 1 saturated heterocycles. The van der Waals surface area contributed by atoms with Gasteiger partial charge in [-0.2, -0.15) is 10.2 Å². The molecule has 0 saturated carbocycles. The third-order valence-electron chi connectivity index (χ3n) is 5.27. The lowest BCUT2D eigenvalue weighted by molar-refractivity contribution is 0.0996. The molecule has 0 spiro atoms. The molecule has 2 aromatic heterocycles. The highest BCUT2D eigenvalue weighted by atomic mass is 16.2. The van der Waals surface area contributed by atoms with Gasteiger partial charge in [-0.3, -0.25) is 24.1 Å². The fraction of sp³-hybridized carbons (Fsp3) is 0.444. The molecule has 5 heterocycles. The van der Waals surface area contributed by atoms with Gasteiger partial charge >= 0.3 is 0 Å². The number of carbonyl (C=O) groups is 1. The van der Waals surface area contributed by atoms with Crippen LogP contribution in [-0.4, -0.2) is 55.8 Å². The summed E-state index contributed by atoms with van der Waals surface area (Å²) in [7, 11) is 1.84. The molecule has 3 aliphatic rings. The van der Waals surface area contributed by atoms with Gasteiger partial charge in [-0.15, -0.1) is 0 Å². The fourth-order valence-corrected chi connectivity index (χ4v) is 3.84. The van der Waals surface area contributed by atoms with Crippen LogP contribution in [0.5, 0.6) is 0 Å². The van der Waals surface area contributed by atoms with Crippen LogP contribution in [0.1, 0.15) is 34.9 Å². The van der Waals surface area contributed by atoms with Gasteiger partial charge in [0.25, 0.3) is 5.91 Å². The molecule has 1 atom stereocenters. The summed E-state index contributed by atoms with van der Waals surface area (Å²) in [5, 5.41) is 8.81. The molecular formula is C18H21N7O. The minimum atomic E-state index is -0.0136. The summed E-state index contributed by atoms with van der Waals surface area (Å²) in [6, 6.07) is 0.0756. The molecular weight excluding hydrogens is 330 g/mol. The molecule has 3 aliphatic heterocycles. The van der Waals surface area contributed by atoms with Crippen molar-refractivity contribution in [3.05, 3.63) is 42.0 Å². The summed E-state index contributed by atoms with van der Waals surface area (Å²) >= 11 is 0. The van der Waals surface area contributed by atoms with Gasteiger partial charge in [0.2, 0.25) is 0 Å². The molecule has 0 N–H and O–H groups in total. The Morgan fingerprint density at radius 3 is 2.69 bits per heavy atom. The van der Waals surface area contributed by atoms with E-state index < -0.39 is 0 Å². The molecule has 1 amide bonds. The zero-order valence-electron chi connectivity index (χ0n) is 14.7. The van der Waals surface area contributed by atoms with Crippen LogP contribution in [0.15, 0.2) is 35.7 Å². The minimum Gasteiger partial charge on any atom is -0.357 e. The zero-order chi connectivity index (χ0) is 17.7. The molecule has 2 aromatic rings. The number of aromatic nitrogens is 4. The number of likely N-dealkylation sites (tertiary alicyclic amines) is 1. The number of aliphatic imine (C=N–C) groups is 1. The number of hydrogen-bond acceptors (Lipinski definition) is 5. The maximum Gasteiger partial charge on any atom is 0.262 e. The smallest absolute Gasteiger partial charge is 0.262 e. The number of amides is 1. The summed E-state index contributed by atoms with van der Waals surface area (Å²) < 4.78 is 3.58. The fourth-order valence-electron chi connectivity index (χ4n) is 3.84. The summed E-state index contributed by atoms with van der Waals surface area (Å²) in [4.78, 5) is 21.5. The van der Waals surface area contributed by atoms with E-state index in [1.165, 1.54) is 12.8 Å². The van der Waals surface area contributed by atoms with E-state index in [0.29, 0.717) is 18.7 Å². The summed E-state index contributed by atoms with van der Waals surface area (Å²) in [6.45, 7) is 3.36. The van der Waals surface area contributed by atoms with Crippen molar-refractivity contribution in [2.45, 2.75) is 25.4 Å². The van der Waals surface area contributed by atoms with Crippen molar-refractivity contribution in [2.24, 2.45) is 12.0 Å². The number of nitrogens with zero attached hydrogens (tertiary/aromatic N) is 7. The highest BCUT2D eigenvalue weighted by Crippen LogP contribution is 2.28. The second-order valence-corrected chi connectivity index (χ2v) is 7.05. The van der Waals surface area contributed by atoms with Crippen LogP contribution in [0.25, 0.3) is 0 Å². The Kier molecular flexibility index (Phi) is 3.44. The number of amidine groups is 1. The Balaban J connectivity index is 1.32. The van der Waals surface area contributed by atoms with Gasteiger partial charge in [-0.05, 0) is 18.9 Å². The minimum absolute atomic E-state index is 0.0136. The largest absolute Gasteiger partial charge is 0.357 e. The predicted octanol–water partition coefficient (Wildman–Crippen LogP) is 1.38. The number of rotatable bonds is 2. The van der Waals surface area contributed by atoms with Crippen molar-refractivity contribution >= 4 is 17.4 Å². The second-order valence-electron chi connectivity index (χ2n) is 7.05. The number of dihydropyridines is 1. The SMILES string of the molecule is Cn1cc(N2Cc3nn(C4C=CC(N5CCCC5)=NC4)cc3C2=O)cn1. The molecule has 0 aliphatic carbocycles. The topological polar surface area (TPSA) is 71.6 Å². The van der Waals surface area contributed by atoms with E-state index in [0.717, 1.165) is 30.3 Å². The lowest BCUT2D eigenvalue weighted by atomic mass is 10.2. The van der Waals surface area contributed by atoms with Crippen molar-refractivity contribution in [1.82, 2.24) is 24.5 Å². The van der Waals surface area contributed by atoms with Crippen molar-refractivity contribution in [3.63, 3.8) is 0 Å². The standard InChI is InChI=1S/C18H21N7O/c1-22-10-14(9-20-22)24-12-16-15(18(24)26)11-25(21-16)13-4-5-17(19-8-13)23-6-2-3-7-23/h4-5,9-11,13H,2-3,6-8,12H2,1H3. The first-order valence-corrected chi connectivity index (χ1v) is 9.05. The molecule has 0 aromatic carbocycles. The number of anilines is 1. The van der Waals surface area contributed by atoms with Gasteiger partial charge in [-0.25, -0.2) is 0 Å². The number of aryl methyl sites for hydroxylation is 1. The van der Waals surface area contributed by atoms with Gasteiger partial charge in [0.15, 0.2) is 0 Å². The van der Waals surface area contributed by atoms with Crippen LogP contribution in [-0.2, 0) is 13.6 Å². The molecule has 5 rings (SSSR count). The maximum absolute atomic E-state index is 12.7. The maximum atomic E-state index is 12.7. The van der Waals surface area contributed by atoms with Crippen molar-refractivity contribution < 1.29 is 4.79 Å². The number of fused-ring (bicyclic) bond motifs is 1. The first kappa shape index (κ1) is 15.4. The van der Waals surface area contributed by atoms with E-state index in [2.05, 4.69) is 27.2 Å². The molecule has 8 heteroatoms. The van der Waals surface area contributed by atoms with Crippen molar-refractivity contribution in [2.75, 3.05) is 24.5 Å². The molecule has 134 valence electrons. The van der Waals surface area contributed by atoms with Crippen LogP contribution >= 0.6 is 0 Å². The third-order valence-corrected chi connectivity index (χ3v) is 5.27. The first-order valence-electron chi connectivity index (χ1n) is 9.05. The zero-order valence-corrected chi connectivity index (χ0v) is 14.7. The molecule has 1 fully saturated rings. The van der Waals surface area contributed by atoms with E-state index in [1.807, 2.05) is 24.1 Å². The summed E-state index contributed by atoms with van der Waals surface area (Å²) in [5.74, 6) is 1.07. The normalized spacial score (nSPS) is 22.3. The number of carbonyl (C=O) groups excluding carboxylic acids is 1. The van der Waals surface area contributed by atoms with Crippen LogP contribution in [0, 0.1) is 0 Å². The Hall–Kier alpha value is -2.90. The van der Waals surface area contributed by atoms with Crippen LogP contribution in [0.3, 0.4) is 0 Å². The van der Waals surface area contributed by atoms with Gasteiger partial charge in [-0.1, -0.05) is 6.08 Å². The van der Waals surface area contributed by atoms with E-state index in [4.69, 9.17) is 4.99 Å². The van der Waals surface area contributed by atoms with Gasteiger partial charge in [0, 0.05) is 32.5 Å². The third kappa shape index (κ3) is 2.44. The lowest BCUT2D eigenvalue weighted by Crippen LogP contribution is -2.29. The van der Waals surface area contributed by atoms with Crippen LogP contribution in [0.2, 0.25) is 0 Å². The van der Waals surface area contributed by atoms with Crippen molar-refractivity contribution in [1.29, 1.82) is 0 Å². The van der Waals surface area contributed by atoms with Gasteiger partial charge in [0.05, 0.1) is 42.3 Å². The molecule has 0 radical (unpaired) electrons. The Bertz CT molecular complexity index is 916. The second kappa shape index (κ2) is 5.82. The highest BCUT2D eigenvalue weighted by molar-refractivity contribution is 6.09. The van der Waals surface area contributed by atoms with E-state index in [1.54, 1.807) is 15.8 Å². The number of hydrogen-bond donors (Lipinski definition) is 0. The summed E-state index contributed by atoms with van der Waals surface area (Å²) in [5.41, 5.74) is 2.30. The highest BCUT2D eigenvalue weighted by Gasteiger charge is 2.33. The monoisotopic (exact) mass is 351 g/mol. The summed E-state index contributed by atoms with van der Waals surface area (Å²) in [6.07, 6.45) is 12.1. The van der Waals surface area contributed by atoms with Gasteiger partial charge in [0.1, 0.15) is 5.84 Å².